The molecule has 0 fully saturated rings. The van der Waals surface area contributed by atoms with Crippen LogP contribution in [-0.2, 0) is 10.1 Å². The maximum atomic E-state index is 12.3. The Labute approximate surface area is 147 Å². The molecule has 3 rings (SSSR count). The highest BCUT2D eigenvalue weighted by atomic mass is 32.2. The van der Waals surface area contributed by atoms with Gasteiger partial charge in [-0.2, -0.15) is 21.6 Å². The molecule has 0 aliphatic carbocycles. The Morgan fingerprint density at radius 2 is 1.62 bits per heavy atom. The van der Waals surface area contributed by atoms with Gasteiger partial charge in [-0.25, -0.2) is 9.67 Å². The average Bonchev–Trinajstić information content (AvgIpc) is 3.05. The number of hydrogen-bond acceptors (Lipinski definition) is 5. The third-order valence-corrected chi connectivity index (χ3v) is 4.37. The molecule has 0 saturated heterocycles. The zero-order valence-electron chi connectivity index (χ0n) is 13.3. The quantitative estimate of drug-likeness (QED) is 0.509. The van der Waals surface area contributed by atoms with E-state index in [9.17, 15) is 21.6 Å². The van der Waals surface area contributed by atoms with Crippen molar-refractivity contribution < 1.29 is 25.8 Å². The van der Waals surface area contributed by atoms with Crippen LogP contribution < -0.4 is 4.18 Å². The second-order valence-corrected chi connectivity index (χ2v) is 6.89. The molecular formula is C16H12F3N3O3S. The highest BCUT2D eigenvalue weighted by Crippen LogP contribution is 2.27. The maximum Gasteiger partial charge on any atom is 0.534 e. The molecule has 10 heteroatoms. The van der Waals surface area contributed by atoms with Crippen LogP contribution in [0.5, 0.6) is 5.75 Å². The van der Waals surface area contributed by atoms with Crippen molar-refractivity contribution in [1.29, 1.82) is 0 Å². The third kappa shape index (κ3) is 3.69. The highest BCUT2D eigenvalue weighted by Gasteiger charge is 2.48. The summed E-state index contributed by atoms with van der Waals surface area (Å²) in [4.78, 5) is 4.18. The normalized spacial score (nSPS) is 12.2. The van der Waals surface area contributed by atoms with E-state index in [1.54, 1.807) is 0 Å². The van der Waals surface area contributed by atoms with Crippen molar-refractivity contribution in [3.05, 3.63) is 60.4 Å². The van der Waals surface area contributed by atoms with Crippen molar-refractivity contribution in [3.63, 3.8) is 0 Å². The summed E-state index contributed by atoms with van der Waals surface area (Å²) in [5.74, 6) is 0.0231. The predicted molar refractivity (Wildman–Crippen MR) is 87.1 cm³/mol. The fourth-order valence-corrected chi connectivity index (χ4v) is 2.51. The summed E-state index contributed by atoms with van der Waals surface area (Å²) in [6, 6.07) is 12.5. The van der Waals surface area contributed by atoms with E-state index in [0.29, 0.717) is 11.5 Å². The van der Waals surface area contributed by atoms with E-state index in [4.69, 9.17) is 0 Å². The zero-order valence-corrected chi connectivity index (χ0v) is 14.1. The Bertz CT molecular complexity index is 1010. The molecule has 0 aliphatic rings. The van der Waals surface area contributed by atoms with Crippen LogP contribution >= 0.6 is 0 Å². The minimum Gasteiger partial charge on any atom is -0.376 e. The lowest BCUT2D eigenvalue weighted by Crippen LogP contribution is -2.28. The van der Waals surface area contributed by atoms with E-state index in [-0.39, 0.29) is 0 Å². The summed E-state index contributed by atoms with van der Waals surface area (Å²) in [6.07, 6.45) is 1.44. The van der Waals surface area contributed by atoms with Crippen LogP contribution in [0, 0.1) is 6.92 Å². The van der Waals surface area contributed by atoms with Gasteiger partial charge in [-0.15, -0.1) is 5.10 Å². The van der Waals surface area contributed by atoms with Gasteiger partial charge >= 0.3 is 15.6 Å². The zero-order chi connectivity index (χ0) is 18.9. The van der Waals surface area contributed by atoms with Crippen LogP contribution in [0.1, 0.15) is 5.56 Å². The molecule has 0 N–H and O–H groups in total. The van der Waals surface area contributed by atoms with Gasteiger partial charge in [0.2, 0.25) is 0 Å². The van der Waals surface area contributed by atoms with Crippen LogP contribution in [0.3, 0.4) is 0 Å². The molecule has 3 aromatic rings. The summed E-state index contributed by atoms with van der Waals surface area (Å²) < 4.78 is 64.4. The molecule has 136 valence electrons. The first-order valence-electron chi connectivity index (χ1n) is 7.26. The van der Waals surface area contributed by atoms with Gasteiger partial charge in [0.15, 0.2) is 5.82 Å². The van der Waals surface area contributed by atoms with Gasteiger partial charge < -0.3 is 4.18 Å². The fraction of sp³-hybridized carbons (Fsp3) is 0.125. The molecule has 0 saturated carbocycles. The summed E-state index contributed by atoms with van der Waals surface area (Å²) in [5.41, 5.74) is -3.10. The van der Waals surface area contributed by atoms with Crippen molar-refractivity contribution >= 4 is 10.1 Å². The smallest absolute Gasteiger partial charge is 0.376 e. The minimum absolute atomic E-state index is 0.454. The van der Waals surface area contributed by atoms with E-state index in [1.807, 2.05) is 31.2 Å². The van der Waals surface area contributed by atoms with Crippen molar-refractivity contribution in [2.75, 3.05) is 0 Å². The number of aryl methyl sites for hydroxylation is 1. The van der Waals surface area contributed by atoms with E-state index in [1.165, 1.54) is 23.1 Å². The molecule has 0 unspecified atom stereocenters. The Balaban J connectivity index is 1.80. The maximum absolute atomic E-state index is 12.3. The first-order valence-corrected chi connectivity index (χ1v) is 8.66. The topological polar surface area (TPSA) is 74.1 Å². The molecule has 1 heterocycles. The van der Waals surface area contributed by atoms with Gasteiger partial charge in [-0.1, -0.05) is 29.8 Å². The molecule has 1 aromatic heterocycles. The number of rotatable bonds is 4. The largest absolute Gasteiger partial charge is 0.534 e. The average molecular weight is 383 g/mol. The van der Waals surface area contributed by atoms with Crippen LogP contribution in [0.4, 0.5) is 13.2 Å². The van der Waals surface area contributed by atoms with Gasteiger partial charge in [0.25, 0.3) is 0 Å². The Hall–Kier alpha value is -2.88. The van der Waals surface area contributed by atoms with E-state index < -0.39 is 21.4 Å². The Kier molecular flexibility index (Phi) is 4.45. The first kappa shape index (κ1) is 17.9. The van der Waals surface area contributed by atoms with E-state index in [0.717, 1.165) is 23.3 Å². The minimum atomic E-state index is -5.70. The van der Waals surface area contributed by atoms with Crippen LogP contribution in [-0.4, -0.2) is 28.7 Å². The Morgan fingerprint density at radius 3 is 2.19 bits per heavy atom. The SMILES string of the molecule is Cc1ccc(-c2ncn(-c3ccc(OS(=O)(=O)C(F)(F)F)cc3)n2)cc1. The molecule has 26 heavy (non-hydrogen) atoms. The molecular weight excluding hydrogens is 371 g/mol. The molecule has 0 spiro atoms. The highest BCUT2D eigenvalue weighted by molar-refractivity contribution is 7.88. The fourth-order valence-electron chi connectivity index (χ4n) is 2.05. The third-order valence-electron chi connectivity index (χ3n) is 3.39. The summed E-state index contributed by atoms with van der Waals surface area (Å²) in [7, 11) is -5.70. The first-order chi connectivity index (χ1) is 12.2. The molecule has 0 atom stereocenters. The standard InChI is InChI=1S/C16H12F3N3O3S/c1-11-2-4-12(5-3-11)15-20-10-22(21-15)13-6-8-14(9-7-13)25-26(23,24)16(17,18)19/h2-10H,1H3. The van der Waals surface area contributed by atoms with Crippen molar-refractivity contribution in [3.8, 4) is 22.8 Å². The second-order valence-electron chi connectivity index (χ2n) is 5.36. The van der Waals surface area contributed by atoms with E-state index in [2.05, 4.69) is 14.3 Å². The molecule has 6 nitrogen and oxygen atoms in total. The Morgan fingerprint density at radius 1 is 1.00 bits per heavy atom. The number of alkyl halides is 3. The molecule has 0 radical (unpaired) electrons. The van der Waals surface area contributed by atoms with Gasteiger partial charge in [0, 0.05) is 5.56 Å². The molecule has 0 aliphatic heterocycles. The molecule has 0 bridgehead atoms. The monoisotopic (exact) mass is 383 g/mol. The van der Waals surface area contributed by atoms with Crippen LogP contribution in [0.15, 0.2) is 54.9 Å². The van der Waals surface area contributed by atoms with Gasteiger partial charge in [0.1, 0.15) is 12.1 Å². The number of halogens is 3. The summed E-state index contributed by atoms with van der Waals surface area (Å²) >= 11 is 0. The molecule has 0 amide bonds. The van der Waals surface area contributed by atoms with Gasteiger partial charge in [-0.05, 0) is 31.2 Å². The lowest BCUT2D eigenvalue weighted by Gasteiger charge is -2.09. The lowest BCUT2D eigenvalue weighted by atomic mass is 10.1. The predicted octanol–water partition coefficient (Wildman–Crippen LogP) is 3.47. The van der Waals surface area contributed by atoms with Crippen LogP contribution in [0.25, 0.3) is 17.1 Å². The van der Waals surface area contributed by atoms with Gasteiger partial charge in [0.05, 0.1) is 5.69 Å². The van der Waals surface area contributed by atoms with Crippen molar-refractivity contribution in [2.24, 2.45) is 0 Å². The van der Waals surface area contributed by atoms with Crippen LogP contribution in [0.2, 0.25) is 0 Å². The van der Waals surface area contributed by atoms with Gasteiger partial charge in [-0.3, -0.25) is 0 Å². The number of hydrogen-bond donors (Lipinski definition) is 0. The number of benzene rings is 2. The summed E-state index contributed by atoms with van der Waals surface area (Å²) in [5, 5.41) is 4.29. The lowest BCUT2D eigenvalue weighted by molar-refractivity contribution is -0.0500. The number of nitrogens with zero attached hydrogens (tertiary/aromatic N) is 3. The van der Waals surface area contributed by atoms with E-state index >= 15 is 0 Å². The number of aromatic nitrogens is 3. The molecule has 2 aromatic carbocycles. The van der Waals surface area contributed by atoms with Crippen molar-refractivity contribution in [2.45, 2.75) is 12.4 Å². The second kappa shape index (κ2) is 6.45. The van der Waals surface area contributed by atoms with Crippen molar-refractivity contribution in [1.82, 2.24) is 14.8 Å². The summed E-state index contributed by atoms with van der Waals surface area (Å²) in [6.45, 7) is 1.96.